The van der Waals surface area contributed by atoms with Crippen LogP contribution in [0, 0.1) is 13.8 Å². The largest absolute Gasteiger partial charge is 0.493 e. The number of aryl methyl sites for hydroxylation is 2. The number of hydrogen-bond acceptors (Lipinski definition) is 4. The minimum Gasteiger partial charge on any atom is -0.493 e. The number of rotatable bonds is 7. The molecule has 0 amide bonds. The van der Waals surface area contributed by atoms with Gasteiger partial charge in [0, 0.05) is 12.1 Å². The highest BCUT2D eigenvalue weighted by Crippen LogP contribution is 2.27. The van der Waals surface area contributed by atoms with E-state index >= 15 is 0 Å². The number of nitrogens with zero attached hydrogens (tertiary/aromatic N) is 1. The van der Waals surface area contributed by atoms with E-state index in [-0.39, 0.29) is 24.0 Å². The van der Waals surface area contributed by atoms with Crippen LogP contribution in [0.5, 0.6) is 11.5 Å². The zero-order valence-electron chi connectivity index (χ0n) is 15.1. The van der Waals surface area contributed by atoms with Gasteiger partial charge < -0.3 is 24.9 Å². The fourth-order valence-electron chi connectivity index (χ4n) is 2.44. The average Bonchev–Trinajstić information content (AvgIpc) is 2.90. The van der Waals surface area contributed by atoms with Gasteiger partial charge in [-0.25, -0.2) is 4.99 Å². The maximum Gasteiger partial charge on any atom is 0.188 e. The van der Waals surface area contributed by atoms with E-state index in [1.807, 2.05) is 38.1 Å². The van der Waals surface area contributed by atoms with E-state index in [2.05, 4.69) is 10.3 Å². The Kier molecular flexibility index (Phi) is 8.60. The molecule has 0 aliphatic rings. The molecule has 0 fully saturated rings. The molecule has 1 aromatic heterocycles. The second kappa shape index (κ2) is 10.2. The van der Waals surface area contributed by atoms with E-state index in [4.69, 9.17) is 19.6 Å². The van der Waals surface area contributed by atoms with Crippen LogP contribution in [0.4, 0.5) is 0 Å². The highest BCUT2D eigenvalue weighted by molar-refractivity contribution is 14.0. The smallest absolute Gasteiger partial charge is 0.188 e. The fourth-order valence-corrected chi connectivity index (χ4v) is 2.44. The molecule has 0 spiro atoms. The van der Waals surface area contributed by atoms with Gasteiger partial charge in [0.1, 0.15) is 11.5 Å². The number of methoxy groups -OCH3 is 2. The first-order valence-electron chi connectivity index (χ1n) is 7.84. The lowest BCUT2D eigenvalue weighted by molar-refractivity contribution is 0.354. The predicted molar refractivity (Wildman–Crippen MR) is 110 cm³/mol. The number of benzene rings is 1. The van der Waals surface area contributed by atoms with Gasteiger partial charge in [0.2, 0.25) is 0 Å². The molecule has 138 valence electrons. The Bertz CT molecular complexity index is 714. The van der Waals surface area contributed by atoms with Crippen LogP contribution in [-0.2, 0) is 13.0 Å². The summed E-state index contributed by atoms with van der Waals surface area (Å²) in [5, 5.41) is 3.12. The Hall–Kier alpha value is -1.90. The Morgan fingerprint density at radius 1 is 1.16 bits per heavy atom. The maximum absolute atomic E-state index is 5.91. The lowest BCUT2D eigenvalue weighted by Gasteiger charge is -2.10. The van der Waals surface area contributed by atoms with Crippen LogP contribution in [0.2, 0.25) is 0 Å². The molecular formula is C18H26IN3O3. The normalized spacial score (nSPS) is 11.0. The lowest BCUT2D eigenvalue weighted by atomic mass is 10.1. The Morgan fingerprint density at radius 3 is 2.48 bits per heavy atom. The van der Waals surface area contributed by atoms with Gasteiger partial charge in [0.15, 0.2) is 17.5 Å². The molecule has 0 saturated heterocycles. The summed E-state index contributed by atoms with van der Waals surface area (Å²) in [6.45, 7) is 5.05. The molecule has 3 N–H and O–H groups in total. The quantitative estimate of drug-likeness (QED) is 0.378. The zero-order valence-corrected chi connectivity index (χ0v) is 17.4. The predicted octanol–water partition coefficient (Wildman–Crippen LogP) is 3.18. The maximum atomic E-state index is 5.91. The SMILES string of the molecule is COc1ccc(CCNC(N)=NCc2cc(C)oc2C)cc1OC.I. The number of guanidine groups is 1. The van der Waals surface area contributed by atoms with Gasteiger partial charge in [0.25, 0.3) is 0 Å². The molecule has 0 atom stereocenters. The molecule has 1 aromatic carbocycles. The molecule has 0 saturated carbocycles. The number of nitrogens with two attached hydrogens (primary N) is 1. The van der Waals surface area contributed by atoms with Gasteiger partial charge in [-0.15, -0.1) is 24.0 Å². The minimum absolute atomic E-state index is 0. The van der Waals surface area contributed by atoms with E-state index in [0.29, 0.717) is 19.0 Å². The first kappa shape index (κ1) is 21.1. The van der Waals surface area contributed by atoms with Crippen molar-refractivity contribution in [2.75, 3.05) is 20.8 Å². The third kappa shape index (κ3) is 6.15. The van der Waals surface area contributed by atoms with E-state index in [0.717, 1.165) is 40.6 Å². The highest BCUT2D eigenvalue weighted by atomic mass is 127. The first-order valence-corrected chi connectivity index (χ1v) is 7.84. The second-order valence-electron chi connectivity index (χ2n) is 5.51. The van der Waals surface area contributed by atoms with Crippen molar-refractivity contribution >= 4 is 29.9 Å². The van der Waals surface area contributed by atoms with Crippen LogP contribution >= 0.6 is 24.0 Å². The summed E-state index contributed by atoms with van der Waals surface area (Å²) in [5.74, 6) is 3.64. The summed E-state index contributed by atoms with van der Waals surface area (Å²) in [6, 6.07) is 7.85. The number of hydrogen-bond donors (Lipinski definition) is 2. The van der Waals surface area contributed by atoms with Crippen molar-refractivity contribution in [1.82, 2.24) is 5.32 Å². The van der Waals surface area contributed by atoms with Gasteiger partial charge in [-0.3, -0.25) is 0 Å². The van der Waals surface area contributed by atoms with Crippen molar-refractivity contribution in [2.45, 2.75) is 26.8 Å². The van der Waals surface area contributed by atoms with Gasteiger partial charge in [0.05, 0.1) is 20.8 Å². The standard InChI is InChI=1S/C18H25N3O3.HI/c1-12-9-15(13(2)24-12)11-21-18(19)20-8-7-14-5-6-16(22-3)17(10-14)23-4;/h5-6,9-10H,7-8,11H2,1-4H3,(H3,19,20,21);1H. The van der Waals surface area contributed by atoms with E-state index in [1.54, 1.807) is 14.2 Å². The summed E-state index contributed by atoms with van der Waals surface area (Å²) in [5.41, 5.74) is 8.09. The molecule has 7 heteroatoms. The van der Waals surface area contributed by atoms with Crippen molar-refractivity contribution in [3.8, 4) is 11.5 Å². The van der Waals surface area contributed by atoms with Gasteiger partial charge in [-0.05, 0) is 44.0 Å². The highest BCUT2D eigenvalue weighted by Gasteiger charge is 2.05. The lowest BCUT2D eigenvalue weighted by Crippen LogP contribution is -2.33. The Morgan fingerprint density at radius 2 is 1.88 bits per heavy atom. The number of nitrogens with one attached hydrogen (secondary N) is 1. The van der Waals surface area contributed by atoms with E-state index < -0.39 is 0 Å². The van der Waals surface area contributed by atoms with Crippen molar-refractivity contribution in [1.29, 1.82) is 0 Å². The molecular weight excluding hydrogens is 433 g/mol. The second-order valence-corrected chi connectivity index (χ2v) is 5.51. The molecule has 1 heterocycles. The van der Waals surface area contributed by atoms with Crippen LogP contribution in [0.25, 0.3) is 0 Å². The van der Waals surface area contributed by atoms with Crippen molar-refractivity contribution in [3.05, 3.63) is 46.9 Å². The molecule has 0 aliphatic carbocycles. The Balaban J connectivity index is 0.00000312. The van der Waals surface area contributed by atoms with E-state index in [9.17, 15) is 0 Å². The number of ether oxygens (including phenoxy) is 2. The molecule has 0 unspecified atom stereocenters. The van der Waals surface area contributed by atoms with Crippen LogP contribution in [0.1, 0.15) is 22.6 Å². The van der Waals surface area contributed by atoms with Crippen LogP contribution < -0.4 is 20.5 Å². The molecule has 6 nitrogen and oxygen atoms in total. The number of halogens is 1. The summed E-state index contributed by atoms with van der Waals surface area (Å²) in [6.07, 6.45) is 0.806. The monoisotopic (exact) mass is 459 g/mol. The zero-order chi connectivity index (χ0) is 17.5. The van der Waals surface area contributed by atoms with Gasteiger partial charge in [-0.1, -0.05) is 6.07 Å². The van der Waals surface area contributed by atoms with Crippen LogP contribution in [0.3, 0.4) is 0 Å². The molecule has 25 heavy (non-hydrogen) atoms. The van der Waals surface area contributed by atoms with Crippen molar-refractivity contribution in [3.63, 3.8) is 0 Å². The summed E-state index contributed by atoms with van der Waals surface area (Å²) >= 11 is 0. The summed E-state index contributed by atoms with van der Waals surface area (Å²) in [7, 11) is 3.25. The Labute approximate surface area is 165 Å². The summed E-state index contributed by atoms with van der Waals surface area (Å²) < 4.78 is 16.0. The minimum atomic E-state index is 0. The summed E-state index contributed by atoms with van der Waals surface area (Å²) in [4.78, 5) is 4.34. The number of aliphatic imine (C=N–C) groups is 1. The molecule has 0 bridgehead atoms. The van der Waals surface area contributed by atoms with E-state index in [1.165, 1.54) is 0 Å². The molecule has 2 aromatic rings. The molecule has 0 radical (unpaired) electrons. The fraction of sp³-hybridized carbons (Fsp3) is 0.389. The van der Waals surface area contributed by atoms with Gasteiger partial charge >= 0.3 is 0 Å². The molecule has 0 aliphatic heterocycles. The van der Waals surface area contributed by atoms with Crippen LogP contribution in [0.15, 0.2) is 33.7 Å². The molecule has 2 rings (SSSR count). The van der Waals surface area contributed by atoms with Gasteiger partial charge in [-0.2, -0.15) is 0 Å². The third-order valence-electron chi connectivity index (χ3n) is 3.73. The van der Waals surface area contributed by atoms with Crippen molar-refractivity contribution < 1.29 is 13.9 Å². The average molecular weight is 459 g/mol. The van der Waals surface area contributed by atoms with Crippen LogP contribution in [-0.4, -0.2) is 26.7 Å². The third-order valence-corrected chi connectivity index (χ3v) is 3.73. The topological polar surface area (TPSA) is 82.0 Å². The first-order chi connectivity index (χ1) is 11.5. The van der Waals surface area contributed by atoms with Crippen molar-refractivity contribution in [2.24, 2.45) is 10.7 Å². The number of furan rings is 1.